The van der Waals surface area contributed by atoms with E-state index in [9.17, 15) is 9.59 Å². The lowest BCUT2D eigenvalue weighted by Crippen LogP contribution is -2.35. The first-order valence-corrected chi connectivity index (χ1v) is 8.22. The van der Waals surface area contributed by atoms with Gasteiger partial charge in [-0.1, -0.05) is 17.7 Å². The van der Waals surface area contributed by atoms with Crippen molar-refractivity contribution in [1.82, 2.24) is 31.0 Å². The smallest absolute Gasteiger partial charge is 0.251 e. The molecule has 0 aliphatic rings. The van der Waals surface area contributed by atoms with Crippen LogP contribution in [0.25, 0.3) is 11.2 Å². The number of nitrogens with zero attached hydrogens (tertiary/aromatic N) is 3. The summed E-state index contributed by atoms with van der Waals surface area (Å²) in [6.07, 6.45) is 0. The summed E-state index contributed by atoms with van der Waals surface area (Å²) in [6, 6.07) is 6.31. The number of rotatable bonds is 6. The van der Waals surface area contributed by atoms with Crippen LogP contribution in [0, 0.1) is 0 Å². The normalized spacial score (nSPS) is 10.6. The van der Waals surface area contributed by atoms with Gasteiger partial charge in [-0.25, -0.2) is 4.98 Å². The lowest BCUT2D eigenvalue weighted by Gasteiger charge is -2.10. The van der Waals surface area contributed by atoms with Crippen molar-refractivity contribution in [3.63, 3.8) is 0 Å². The van der Waals surface area contributed by atoms with Crippen LogP contribution < -0.4 is 21.1 Å². The number of nitrogens with one attached hydrogen (secondary N) is 3. The first-order valence-electron chi connectivity index (χ1n) is 7.85. The van der Waals surface area contributed by atoms with Crippen molar-refractivity contribution in [1.29, 1.82) is 0 Å². The number of nitrogens with two attached hydrogens (primary N) is 1. The first kappa shape index (κ1) is 18.4. The topological polar surface area (TPSA) is 148 Å². The number of fused-ring (bicyclic) bond motifs is 1. The Kier molecular flexibility index (Phi) is 5.36. The van der Waals surface area contributed by atoms with Crippen molar-refractivity contribution in [2.45, 2.75) is 6.61 Å². The number of amides is 2. The largest absolute Gasteiger partial charge is 0.486 e. The fourth-order valence-corrected chi connectivity index (χ4v) is 2.48. The van der Waals surface area contributed by atoms with Crippen LogP contribution in [0.5, 0.6) is 5.75 Å². The fraction of sp³-hybridized carbons (Fsp3) is 0.188. The third-order valence-electron chi connectivity index (χ3n) is 3.66. The Balaban J connectivity index is 1.70. The predicted octanol–water partition coefficient (Wildman–Crippen LogP) is 0.643. The minimum absolute atomic E-state index is 0.116. The summed E-state index contributed by atoms with van der Waals surface area (Å²) in [5.74, 6) is -0.0372. The standard InChI is InChI=1S/C16H16ClN7O3/c1-19-13(25)6-20-16(26)8-2-3-9(10(17)4-8)7-27-11-5-12(18)21-15-14(11)22-24-23-15/h2-5H,6-7H2,1H3,(H,19,25)(H,20,26)(H3,18,21,22,23,24). The van der Waals surface area contributed by atoms with Gasteiger partial charge in [0.2, 0.25) is 11.6 Å². The number of nitrogen functional groups attached to an aromatic ring is 1. The van der Waals surface area contributed by atoms with Crippen LogP contribution in [0.2, 0.25) is 5.02 Å². The SMILES string of the molecule is CNC(=O)CNC(=O)c1ccc(COc2cc(N)nc3n[nH]nc23)c(Cl)c1. The summed E-state index contributed by atoms with van der Waals surface area (Å²) in [5, 5.41) is 15.6. The van der Waals surface area contributed by atoms with Crippen molar-refractivity contribution in [2.75, 3.05) is 19.3 Å². The van der Waals surface area contributed by atoms with Gasteiger partial charge < -0.3 is 21.1 Å². The van der Waals surface area contributed by atoms with E-state index in [0.29, 0.717) is 33.1 Å². The number of ether oxygens (including phenoxy) is 1. The Bertz CT molecular complexity index is 1000. The van der Waals surface area contributed by atoms with Gasteiger partial charge in [-0.3, -0.25) is 9.59 Å². The quantitative estimate of drug-likeness (QED) is 0.483. The Labute approximate surface area is 158 Å². The van der Waals surface area contributed by atoms with Crippen LogP contribution in [0.1, 0.15) is 15.9 Å². The maximum absolute atomic E-state index is 12.0. The second-order valence-electron chi connectivity index (χ2n) is 5.49. The summed E-state index contributed by atoms with van der Waals surface area (Å²) in [5.41, 5.74) is 7.51. The second-order valence-corrected chi connectivity index (χ2v) is 5.90. The van der Waals surface area contributed by atoms with Crippen molar-refractivity contribution in [2.24, 2.45) is 0 Å². The van der Waals surface area contributed by atoms with Crippen molar-refractivity contribution >= 4 is 40.4 Å². The molecule has 0 saturated heterocycles. The zero-order valence-corrected chi connectivity index (χ0v) is 15.0. The molecule has 27 heavy (non-hydrogen) atoms. The van der Waals surface area contributed by atoms with Crippen LogP contribution in [-0.4, -0.2) is 45.8 Å². The number of halogens is 1. The molecule has 0 spiro atoms. The number of aromatic amines is 1. The number of likely N-dealkylation sites (N-methyl/N-ethyl adjacent to an activating group) is 1. The second kappa shape index (κ2) is 7.87. The molecular weight excluding hydrogens is 374 g/mol. The van der Waals surface area contributed by atoms with Crippen LogP contribution >= 0.6 is 11.6 Å². The fourth-order valence-electron chi connectivity index (χ4n) is 2.25. The number of carbonyl (C=O) groups excluding carboxylic acids is 2. The maximum Gasteiger partial charge on any atom is 0.251 e. The van der Waals surface area contributed by atoms with Crippen molar-refractivity contribution < 1.29 is 14.3 Å². The third kappa shape index (κ3) is 4.23. The van der Waals surface area contributed by atoms with E-state index in [0.717, 1.165) is 0 Å². The number of benzene rings is 1. The van der Waals surface area contributed by atoms with Crippen molar-refractivity contribution in [3.8, 4) is 5.75 Å². The molecule has 2 aromatic heterocycles. The van der Waals surface area contributed by atoms with E-state index in [1.54, 1.807) is 18.2 Å². The molecule has 11 heteroatoms. The number of aromatic nitrogens is 4. The first-order chi connectivity index (χ1) is 13.0. The number of pyridine rings is 1. The molecule has 0 unspecified atom stereocenters. The van der Waals surface area contributed by atoms with Gasteiger partial charge in [-0.2, -0.15) is 10.3 Å². The molecule has 0 bridgehead atoms. The summed E-state index contributed by atoms with van der Waals surface area (Å²) < 4.78 is 5.74. The summed E-state index contributed by atoms with van der Waals surface area (Å²) >= 11 is 6.25. The average Bonchev–Trinajstić information content (AvgIpc) is 3.12. The zero-order valence-electron chi connectivity index (χ0n) is 14.2. The summed E-state index contributed by atoms with van der Waals surface area (Å²) in [4.78, 5) is 27.3. The van der Waals surface area contributed by atoms with Crippen LogP contribution in [0.4, 0.5) is 5.82 Å². The molecule has 5 N–H and O–H groups in total. The number of hydrogen-bond acceptors (Lipinski definition) is 7. The van der Waals surface area contributed by atoms with E-state index >= 15 is 0 Å². The molecule has 2 heterocycles. The Morgan fingerprint density at radius 2 is 2.11 bits per heavy atom. The van der Waals surface area contributed by atoms with E-state index < -0.39 is 5.91 Å². The van der Waals surface area contributed by atoms with Crippen LogP contribution in [0.15, 0.2) is 24.3 Å². The van der Waals surface area contributed by atoms with Gasteiger partial charge in [0, 0.05) is 29.3 Å². The Hall–Kier alpha value is -3.40. The molecular formula is C16H16ClN7O3. The third-order valence-corrected chi connectivity index (χ3v) is 4.02. The van der Waals surface area contributed by atoms with E-state index in [1.807, 2.05) is 0 Å². The van der Waals surface area contributed by atoms with Crippen LogP contribution in [0.3, 0.4) is 0 Å². The summed E-state index contributed by atoms with van der Waals surface area (Å²) in [7, 11) is 1.49. The van der Waals surface area contributed by atoms with Gasteiger partial charge in [0.1, 0.15) is 12.4 Å². The highest BCUT2D eigenvalue weighted by atomic mass is 35.5. The lowest BCUT2D eigenvalue weighted by molar-refractivity contribution is -0.119. The molecule has 0 aliphatic carbocycles. The number of carbonyl (C=O) groups is 2. The molecule has 3 aromatic rings. The van der Waals surface area contributed by atoms with Crippen LogP contribution in [-0.2, 0) is 11.4 Å². The van der Waals surface area contributed by atoms with E-state index in [2.05, 4.69) is 31.0 Å². The van der Waals surface area contributed by atoms with E-state index in [-0.39, 0.29) is 24.9 Å². The molecule has 0 fully saturated rings. The minimum Gasteiger partial charge on any atom is -0.486 e. The van der Waals surface area contributed by atoms with Gasteiger partial charge in [-0.05, 0) is 12.1 Å². The van der Waals surface area contributed by atoms with Gasteiger partial charge in [-0.15, -0.1) is 5.10 Å². The molecule has 3 rings (SSSR count). The highest BCUT2D eigenvalue weighted by molar-refractivity contribution is 6.31. The van der Waals surface area contributed by atoms with E-state index in [1.165, 1.54) is 13.1 Å². The molecule has 2 amide bonds. The van der Waals surface area contributed by atoms with E-state index in [4.69, 9.17) is 22.1 Å². The van der Waals surface area contributed by atoms with Crippen molar-refractivity contribution in [3.05, 3.63) is 40.4 Å². The molecule has 0 radical (unpaired) electrons. The maximum atomic E-state index is 12.0. The lowest BCUT2D eigenvalue weighted by atomic mass is 10.1. The Morgan fingerprint density at radius 1 is 1.30 bits per heavy atom. The highest BCUT2D eigenvalue weighted by Crippen LogP contribution is 2.25. The predicted molar refractivity (Wildman–Crippen MR) is 98.3 cm³/mol. The average molecular weight is 390 g/mol. The number of hydrogen-bond donors (Lipinski definition) is 4. The molecule has 1 aromatic carbocycles. The Morgan fingerprint density at radius 3 is 2.85 bits per heavy atom. The zero-order chi connectivity index (χ0) is 19.4. The molecule has 0 saturated carbocycles. The summed E-state index contributed by atoms with van der Waals surface area (Å²) in [6.45, 7) is 0.0133. The minimum atomic E-state index is -0.404. The monoisotopic (exact) mass is 389 g/mol. The molecule has 10 nitrogen and oxygen atoms in total. The number of H-pyrrole nitrogens is 1. The van der Waals surface area contributed by atoms with Gasteiger partial charge in [0.25, 0.3) is 5.91 Å². The van der Waals surface area contributed by atoms with Gasteiger partial charge in [0.15, 0.2) is 11.3 Å². The van der Waals surface area contributed by atoms with Gasteiger partial charge >= 0.3 is 0 Å². The molecule has 0 aliphatic heterocycles. The van der Waals surface area contributed by atoms with Gasteiger partial charge in [0.05, 0.1) is 6.54 Å². The molecule has 140 valence electrons. The molecule has 0 atom stereocenters. The number of anilines is 1. The highest BCUT2D eigenvalue weighted by Gasteiger charge is 2.13.